The number of sulfonamides is 1. The number of carbonyl (C=O) groups excluding carboxylic acids is 1. The summed E-state index contributed by atoms with van der Waals surface area (Å²) >= 11 is 0. The lowest BCUT2D eigenvalue weighted by molar-refractivity contribution is -0.325. The zero-order chi connectivity index (χ0) is 26.7. The van der Waals surface area contributed by atoms with E-state index in [0.717, 1.165) is 36.5 Å². The molecule has 0 aliphatic carbocycles. The van der Waals surface area contributed by atoms with Crippen molar-refractivity contribution in [2.24, 2.45) is 0 Å². The Kier molecular flexibility index (Phi) is 8.46. The van der Waals surface area contributed by atoms with Crippen molar-refractivity contribution in [1.82, 2.24) is 14.6 Å². The second kappa shape index (κ2) is 11.0. The van der Waals surface area contributed by atoms with Gasteiger partial charge in [0.05, 0.1) is 36.0 Å². The molecule has 1 aromatic heterocycles. The number of hydrogen-bond donors (Lipinski definition) is 1. The van der Waals surface area contributed by atoms with Gasteiger partial charge in [0.2, 0.25) is 15.9 Å². The maximum atomic E-state index is 14.5. The molecule has 198 valence electrons. The molecule has 15 heteroatoms. The van der Waals surface area contributed by atoms with E-state index >= 15 is 0 Å². The van der Waals surface area contributed by atoms with Crippen LogP contribution < -0.4 is 10.1 Å². The molecule has 1 N–H and O–H groups in total. The SMILES string of the molecule is CC1C(F)CC(C(=O)NCc2cc(OCCOC(F)(F)F)c(F)cn2)N1S(=O)(=O)c1ccc(F)cc1. The molecule has 2 heterocycles. The molecule has 1 saturated heterocycles. The third-order valence-corrected chi connectivity index (χ3v) is 7.31. The van der Waals surface area contributed by atoms with Crippen LogP contribution in [-0.4, -0.2) is 61.4 Å². The number of nitrogens with one attached hydrogen (secondary N) is 1. The largest absolute Gasteiger partial charge is 0.522 e. The number of benzene rings is 1. The number of hydrogen-bond acceptors (Lipinski definition) is 6. The molecule has 3 rings (SSSR count). The summed E-state index contributed by atoms with van der Waals surface area (Å²) in [5.41, 5.74) is 0.0345. The fourth-order valence-corrected chi connectivity index (χ4v) is 5.38. The number of nitrogens with zero attached hydrogens (tertiary/aromatic N) is 2. The molecule has 36 heavy (non-hydrogen) atoms. The third-order valence-electron chi connectivity index (χ3n) is 5.30. The number of alkyl halides is 4. The van der Waals surface area contributed by atoms with Crippen LogP contribution >= 0.6 is 0 Å². The number of pyridine rings is 1. The fraction of sp³-hybridized carbons (Fsp3) is 0.429. The Labute approximate surface area is 202 Å². The molecular formula is C21H21F6N3O5S. The summed E-state index contributed by atoms with van der Waals surface area (Å²) in [6, 6.07) is 2.27. The normalized spacial score (nSPS) is 20.9. The minimum absolute atomic E-state index is 0.0345. The lowest BCUT2D eigenvalue weighted by Crippen LogP contribution is -2.48. The second-order valence-electron chi connectivity index (χ2n) is 7.76. The Bertz CT molecular complexity index is 1180. The monoisotopic (exact) mass is 541 g/mol. The third kappa shape index (κ3) is 6.64. The average Bonchev–Trinajstić information content (AvgIpc) is 3.11. The summed E-state index contributed by atoms with van der Waals surface area (Å²) in [7, 11) is -4.36. The summed E-state index contributed by atoms with van der Waals surface area (Å²) < 4.78 is 113. The molecule has 1 amide bonds. The van der Waals surface area contributed by atoms with Gasteiger partial charge in [-0.2, -0.15) is 4.31 Å². The molecule has 3 unspecified atom stereocenters. The van der Waals surface area contributed by atoms with E-state index in [0.29, 0.717) is 4.31 Å². The van der Waals surface area contributed by atoms with Gasteiger partial charge in [-0.3, -0.25) is 14.5 Å². The van der Waals surface area contributed by atoms with Gasteiger partial charge in [-0.1, -0.05) is 0 Å². The number of rotatable bonds is 9. The molecule has 3 atom stereocenters. The highest BCUT2D eigenvalue weighted by Gasteiger charge is 2.49. The lowest BCUT2D eigenvalue weighted by Gasteiger charge is -2.26. The van der Waals surface area contributed by atoms with Crippen molar-refractivity contribution < 1.29 is 49.0 Å². The minimum Gasteiger partial charge on any atom is -0.488 e. The Balaban J connectivity index is 1.68. The summed E-state index contributed by atoms with van der Waals surface area (Å²) in [5.74, 6) is -2.96. The van der Waals surface area contributed by atoms with Crippen LogP contribution in [0.2, 0.25) is 0 Å². The predicted molar refractivity (Wildman–Crippen MR) is 112 cm³/mol. The smallest absolute Gasteiger partial charge is 0.488 e. The lowest BCUT2D eigenvalue weighted by atomic mass is 10.1. The van der Waals surface area contributed by atoms with E-state index in [2.05, 4.69) is 15.0 Å². The van der Waals surface area contributed by atoms with E-state index in [4.69, 9.17) is 4.74 Å². The standard InChI is InChI=1S/C21H21F6N3O5S/c1-12-16(23)9-18(30(12)36(32,33)15-4-2-13(22)3-5-15)20(31)29-10-14-8-19(17(24)11-28-14)34-6-7-35-21(25,26)27/h2-5,8,11-12,16,18H,6-7,9-10H2,1H3,(H,29,31). The number of halogens is 6. The highest BCUT2D eigenvalue weighted by Crippen LogP contribution is 2.33. The maximum absolute atomic E-state index is 14.5. The van der Waals surface area contributed by atoms with Gasteiger partial charge < -0.3 is 10.1 Å². The van der Waals surface area contributed by atoms with Crippen molar-refractivity contribution >= 4 is 15.9 Å². The van der Waals surface area contributed by atoms with E-state index in [1.807, 2.05) is 0 Å². The van der Waals surface area contributed by atoms with Crippen molar-refractivity contribution in [3.63, 3.8) is 0 Å². The molecular weight excluding hydrogens is 520 g/mol. The predicted octanol–water partition coefficient (Wildman–Crippen LogP) is 3.08. The molecule has 0 bridgehead atoms. The van der Waals surface area contributed by atoms with Crippen molar-refractivity contribution in [2.45, 2.75) is 49.4 Å². The molecule has 0 saturated carbocycles. The van der Waals surface area contributed by atoms with Gasteiger partial charge in [-0.15, -0.1) is 13.2 Å². The van der Waals surface area contributed by atoms with Gasteiger partial charge in [0.25, 0.3) is 0 Å². The van der Waals surface area contributed by atoms with Gasteiger partial charge in [-0.05, 0) is 31.2 Å². The maximum Gasteiger partial charge on any atom is 0.522 e. The van der Waals surface area contributed by atoms with E-state index < -0.39 is 77.6 Å². The number of aromatic nitrogens is 1. The van der Waals surface area contributed by atoms with Crippen molar-refractivity contribution in [1.29, 1.82) is 0 Å². The Morgan fingerprint density at radius 2 is 1.86 bits per heavy atom. The Hall–Kier alpha value is -2.91. The van der Waals surface area contributed by atoms with E-state index in [1.165, 1.54) is 6.92 Å². The average molecular weight is 541 g/mol. The van der Waals surface area contributed by atoms with Gasteiger partial charge in [0.15, 0.2) is 11.6 Å². The molecule has 1 fully saturated rings. The van der Waals surface area contributed by atoms with E-state index in [9.17, 15) is 39.6 Å². The van der Waals surface area contributed by atoms with Crippen LogP contribution in [0.1, 0.15) is 19.0 Å². The number of carbonyl (C=O) groups is 1. The van der Waals surface area contributed by atoms with Crippen LogP contribution in [0.3, 0.4) is 0 Å². The zero-order valence-electron chi connectivity index (χ0n) is 18.6. The second-order valence-corrected chi connectivity index (χ2v) is 9.61. The zero-order valence-corrected chi connectivity index (χ0v) is 19.5. The molecule has 0 spiro atoms. The van der Waals surface area contributed by atoms with Crippen molar-refractivity contribution in [3.05, 3.63) is 53.9 Å². The summed E-state index contributed by atoms with van der Waals surface area (Å²) in [6.07, 6.45) is -6.23. The minimum atomic E-state index is -4.87. The highest BCUT2D eigenvalue weighted by molar-refractivity contribution is 7.89. The Morgan fingerprint density at radius 1 is 1.19 bits per heavy atom. The van der Waals surface area contributed by atoms with E-state index in [-0.39, 0.29) is 17.1 Å². The van der Waals surface area contributed by atoms with Crippen LogP contribution in [-0.2, 0) is 26.1 Å². The first kappa shape index (κ1) is 27.7. The molecule has 1 aliphatic heterocycles. The molecule has 1 aliphatic rings. The first-order valence-electron chi connectivity index (χ1n) is 10.5. The van der Waals surface area contributed by atoms with E-state index in [1.54, 1.807) is 0 Å². The topological polar surface area (TPSA) is 97.8 Å². The van der Waals surface area contributed by atoms with Crippen LogP contribution in [0.15, 0.2) is 41.4 Å². The summed E-state index contributed by atoms with van der Waals surface area (Å²) in [5, 5.41) is 2.39. The van der Waals surface area contributed by atoms with Gasteiger partial charge in [-0.25, -0.2) is 21.6 Å². The highest BCUT2D eigenvalue weighted by atomic mass is 32.2. The van der Waals surface area contributed by atoms with Gasteiger partial charge in [0.1, 0.15) is 24.6 Å². The Morgan fingerprint density at radius 3 is 2.50 bits per heavy atom. The summed E-state index contributed by atoms with van der Waals surface area (Å²) in [6.45, 7) is -0.562. The molecule has 2 aromatic rings. The van der Waals surface area contributed by atoms with Crippen molar-refractivity contribution in [2.75, 3.05) is 13.2 Å². The first-order chi connectivity index (χ1) is 16.8. The van der Waals surface area contributed by atoms with Crippen molar-refractivity contribution in [3.8, 4) is 5.75 Å². The van der Waals surface area contributed by atoms with Crippen LogP contribution in [0.25, 0.3) is 0 Å². The van der Waals surface area contributed by atoms with Gasteiger partial charge >= 0.3 is 6.36 Å². The molecule has 0 radical (unpaired) electrons. The van der Waals surface area contributed by atoms with Crippen LogP contribution in [0.4, 0.5) is 26.3 Å². The number of ether oxygens (including phenoxy) is 2. The fourth-order valence-electron chi connectivity index (χ4n) is 3.57. The molecule has 1 aromatic carbocycles. The number of amides is 1. The van der Waals surface area contributed by atoms with Crippen LogP contribution in [0.5, 0.6) is 5.75 Å². The molecule has 8 nitrogen and oxygen atoms in total. The summed E-state index contributed by atoms with van der Waals surface area (Å²) in [4.78, 5) is 16.2. The van der Waals surface area contributed by atoms with Gasteiger partial charge in [0, 0.05) is 12.5 Å². The first-order valence-corrected chi connectivity index (χ1v) is 11.9. The quantitative estimate of drug-likeness (QED) is 0.387. The van der Waals surface area contributed by atoms with Crippen LogP contribution in [0, 0.1) is 11.6 Å².